The summed E-state index contributed by atoms with van der Waals surface area (Å²) in [7, 11) is -2.21. The minimum absolute atomic E-state index is 0.0558. The number of hydrogen-bond donors (Lipinski definition) is 1. The molecule has 0 amide bonds. The number of carbonyl (C=O) groups is 2. The van der Waals surface area contributed by atoms with Gasteiger partial charge in [0.1, 0.15) is 4.88 Å². The van der Waals surface area contributed by atoms with Crippen LogP contribution in [0.1, 0.15) is 51.3 Å². The lowest BCUT2D eigenvalue weighted by Gasteiger charge is -2.30. The van der Waals surface area contributed by atoms with Gasteiger partial charge in [0.05, 0.1) is 25.7 Å². The average Bonchev–Trinajstić information content (AvgIpc) is 2.97. The van der Waals surface area contributed by atoms with Crippen molar-refractivity contribution in [1.29, 1.82) is 0 Å². The van der Waals surface area contributed by atoms with Crippen molar-refractivity contribution < 1.29 is 40.7 Å². The molecular formula is C16H20F3NO6S2. The monoisotopic (exact) mass is 443 g/mol. The van der Waals surface area contributed by atoms with E-state index < -0.39 is 44.3 Å². The van der Waals surface area contributed by atoms with Gasteiger partial charge in [0, 0.05) is 6.04 Å². The summed E-state index contributed by atoms with van der Waals surface area (Å²) in [5, 5.41) is 0. The molecule has 0 saturated heterocycles. The van der Waals surface area contributed by atoms with E-state index in [9.17, 15) is 31.2 Å². The Balaban J connectivity index is 2.39. The molecule has 0 bridgehead atoms. The Bertz CT molecular complexity index is 862. The van der Waals surface area contributed by atoms with E-state index >= 15 is 0 Å². The average molecular weight is 443 g/mol. The van der Waals surface area contributed by atoms with Gasteiger partial charge in [-0.05, 0) is 31.7 Å². The van der Waals surface area contributed by atoms with Gasteiger partial charge in [-0.2, -0.15) is 13.2 Å². The lowest BCUT2D eigenvalue weighted by molar-refractivity contribution is -0.183. The molecule has 0 radical (unpaired) electrons. The van der Waals surface area contributed by atoms with E-state index in [2.05, 4.69) is 14.2 Å². The molecule has 1 heterocycles. The Morgan fingerprint density at radius 3 is 2.29 bits per heavy atom. The number of methoxy groups -OCH3 is 2. The van der Waals surface area contributed by atoms with Crippen molar-refractivity contribution in [1.82, 2.24) is 4.72 Å². The molecule has 2 unspecified atom stereocenters. The molecule has 0 spiro atoms. The largest absolute Gasteiger partial charge is 0.465 e. The van der Waals surface area contributed by atoms with Crippen LogP contribution in [-0.2, 0) is 19.5 Å². The summed E-state index contributed by atoms with van der Waals surface area (Å²) in [5.41, 5.74) is -0.260. The molecule has 1 aliphatic carbocycles. The minimum Gasteiger partial charge on any atom is -0.465 e. The van der Waals surface area contributed by atoms with Crippen LogP contribution in [0.15, 0.2) is 4.21 Å². The van der Waals surface area contributed by atoms with E-state index in [4.69, 9.17) is 0 Å². The van der Waals surface area contributed by atoms with Gasteiger partial charge in [-0.1, -0.05) is 6.42 Å². The fraction of sp³-hybridized carbons (Fsp3) is 0.625. The topological polar surface area (TPSA) is 98.8 Å². The fourth-order valence-corrected chi connectivity index (χ4v) is 6.21. The molecule has 0 aliphatic heterocycles. The molecule has 2 atom stereocenters. The highest BCUT2D eigenvalue weighted by atomic mass is 32.2. The van der Waals surface area contributed by atoms with Crippen LogP contribution in [-0.4, -0.2) is 46.8 Å². The third-order valence-electron chi connectivity index (χ3n) is 4.58. The second-order valence-corrected chi connectivity index (χ2v) is 9.36. The van der Waals surface area contributed by atoms with E-state index in [1.165, 1.54) is 6.92 Å². The summed E-state index contributed by atoms with van der Waals surface area (Å²) in [6.07, 6.45) is -4.38. The minimum atomic E-state index is -4.40. The Kier molecular flexibility index (Phi) is 6.77. The molecule has 2 rings (SSSR count). The Morgan fingerprint density at radius 1 is 1.14 bits per heavy atom. The first-order valence-electron chi connectivity index (χ1n) is 8.31. The van der Waals surface area contributed by atoms with Crippen molar-refractivity contribution in [2.24, 2.45) is 5.92 Å². The van der Waals surface area contributed by atoms with Crippen molar-refractivity contribution in [3.8, 4) is 0 Å². The maximum Gasteiger partial charge on any atom is 0.391 e. The molecule has 1 N–H and O–H groups in total. The first-order valence-corrected chi connectivity index (χ1v) is 10.6. The number of nitrogens with one attached hydrogen (secondary N) is 1. The van der Waals surface area contributed by atoms with Gasteiger partial charge < -0.3 is 9.47 Å². The smallest absolute Gasteiger partial charge is 0.391 e. The quantitative estimate of drug-likeness (QED) is 0.703. The number of hydrogen-bond acceptors (Lipinski definition) is 7. The Hall–Kier alpha value is -1.66. The number of ether oxygens (including phenoxy) is 2. The fourth-order valence-electron chi connectivity index (χ4n) is 3.17. The van der Waals surface area contributed by atoms with Crippen molar-refractivity contribution in [3.63, 3.8) is 0 Å². The summed E-state index contributed by atoms with van der Waals surface area (Å²) in [6, 6.07) is -0.931. The van der Waals surface area contributed by atoms with Crippen LogP contribution in [0, 0.1) is 12.8 Å². The van der Waals surface area contributed by atoms with E-state index in [0.29, 0.717) is 11.3 Å². The molecule has 1 aromatic rings. The summed E-state index contributed by atoms with van der Waals surface area (Å²) >= 11 is 0.516. The van der Waals surface area contributed by atoms with Crippen molar-refractivity contribution in [2.75, 3.05) is 14.2 Å². The molecule has 158 valence electrons. The van der Waals surface area contributed by atoms with E-state index in [1.54, 1.807) is 0 Å². The molecule has 1 aromatic heterocycles. The zero-order valence-electron chi connectivity index (χ0n) is 15.4. The van der Waals surface area contributed by atoms with Gasteiger partial charge in [0.25, 0.3) is 10.0 Å². The molecule has 1 aliphatic rings. The van der Waals surface area contributed by atoms with Crippen LogP contribution >= 0.6 is 11.3 Å². The van der Waals surface area contributed by atoms with Gasteiger partial charge in [-0.3, -0.25) is 0 Å². The maximum absolute atomic E-state index is 13.0. The molecule has 12 heteroatoms. The zero-order chi connectivity index (χ0) is 21.3. The predicted molar refractivity (Wildman–Crippen MR) is 93.9 cm³/mol. The Labute approximate surface area is 164 Å². The number of halogens is 3. The SMILES string of the molecule is COC(=O)c1sc(S(=O)(=O)NC2CCCC(C(F)(F)F)C2)c(C(=O)OC)c1C. The summed E-state index contributed by atoms with van der Waals surface area (Å²) in [5.74, 6) is -3.39. The highest BCUT2D eigenvalue weighted by Gasteiger charge is 2.43. The van der Waals surface area contributed by atoms with E-state index in [-0.39, 0.29) is 41.7 Å². The van der Waals surface area contributed by atoms with Crippen LogP contribution in [0.5, 0.6) is 0 Å². The summed E-state index contributed by atoms with van der Waals surface area (Å²) in [4.78, 5) is 23.9. The van der Waals surface area contributed by atoms with Gasteiger partial charge in [-0.15, -0.1) is 11.3 Å². The zero-order valence-corrected chi connectivity index (χ0v) is 17.0. The lowest BCUT2D eigenvalue weighted by Crippen LogP contribution is -2.41. The molecule has 7 nitrogen and oxygen atoms in total. The highest BCUT2D eigenvalue weighted by molar-refractivity contribution is 7.91. The van der Waals surface area contributed by atoms with Crippen LogP contribution in [0.25, 0.3) is 0 Å². The molecule has 1 saturated carbocycles. The van der Waals surface area contributed by atoms with Crippen LogP contribution in [0.2, 0.25) is 0 Å². The third kappa shape index (κ3) is 4.66. The number of carbonyl (C=O) groups excluding carboxylic acids is 2. The third-order valence-corrected chi connectivity index (χ3v) is 7.89. The van der Waals surface area contributed by atoms with E-state index in [1.807, 2.05) is 0 Å². The molecule has 0 aromatic carbocycles. The van der Waals surface area contributed by atoms with Gasteiger partial charge in [0.15, 0.2) is 4.21 Å². The second-order valence-electron chi connectivity index (χ2n) is 6.43. The number of esters is 2. The van der Waals surface area contributed by atoms with Crippen LogP contribution < -0.4 is 4.72 Å². The first-order chi connectivity index (χ1) is 12.9. The normalized spacial score (nSPS) is 20.6. The molecular weight excluding hydrogens is 423 g/mol. The second kappa shape index (κ2) is 8.37. The molecule has 1 fully saturated rings. The number of sulfonamides is 1. The predicted octanol–water partition coefficient (Wildman–Crippen LogP) is 3.03. The summed E-state index contributed by atoms with van der Waals surface area (Å²) < 4.78 is 75.6. The lowest BCUT2D eigenvalue weighted by atomic mass is 9.86. The standard InChI is InChI=1S/C16H20F3NO6S2/c1-8-11(13(21)25-2)15(27-12(8)14(22)26-3)28(23,24)20-10-6-4-5-9(7-10)16(17,18)19/h9-10,20H,4-7H2,1-3H3. The highest BCUT2D eigenvalue weighted by Crippen LogP contribution is 2.39. The van der Waals surface area contributed by atoms with Gasteiger partial charge >= 0.3 is 18.1 Å². The number of alkyl halides is 3. The molecule has 28 heavy (non-hydrogen) atoms. The van der Waals surface area contributed by atoms with Crippen molar-refractivity contribution in [2.45, 2.75) is 49.0 Å². The number of thiophene rings is 1. The Morgan fingerprint density at radius 2 is 1.75 bits per heavy atom. The van der Waals surface area contributed by atoms with Crippen LogP contribution in [0.4, 0.5) is 13.2 Å². The van der Waals surface area contributed by atoms with Crippen LogP contribution in [0.3, 0.4) is 0 Å². The van der Waals surface area contributed by atoms with E-state index in [0.717, 1.165) is 14.2 Å². The first kappa shape index (κ1) is 22.6. The van der Waals surface area contributed by atoms with Crippen molar-refractivity contribution >= 4 is 33.3 Å². The maximum atomic E-state index is 13.0. The number of rotatable bonds is 5. The van der Waals surface area contributed by atoms with Gasteiger partial charge in [0.2, 0.25) is 0 Å². The van der Waals surface area contributed by atoms with Gasteiger partial charge in [-0.25, -0.2) is 22.7 Å². The summed E-state index contributed by atoms with van der Waals surface area (Å²) in [6.45, 7) is 1.37. The van der Waals surface area contributed by atoms with Crippen molar-refractivity contribution in [3.05, 3.63) is 16.0 Å².